The van der Waals surface area contributed by atoms with Gasteiger partial charge in [0, 0.05) is 10.8 Å². The molecular formula is C15H22N2O3S. The number of rotatable bonds is 7. The second kappa shape index (κ2) is 7.36. The normalized spacial score (nSPS) is 12.7. The largest absolute Gasteiger partial charge is 0.480 e. The third kappa shape index (κ3) is 5.67. The number of carbonyl (C=O) groups excluding carboxylic acids is 1. The highest BCUT2D eigenvalue weighted by Gasteiger charge is 2.21. The molecule has 21 heavy (non-hydrogen) atoms. The van der Waals surface area contributed by atoms with Crippen LogP contribution < -0.4 is 5.32 Å². The van der Waals surface area contributed by atoms with Crippen molar-refractivity contribution < 1.29 is 14.7 Å². The van der Waals surface area contributed by atoms with Crippen molar-refractivity contribution in [3.63, 3.8) is 0 Å². The van der Waals surface area contributed by atoms with Gasteiger partial charge in [0.05, 0.1) is 17.1 Å². The summed E-state index contributed by atoms with van der Waals surface area (Å²) in [6.07, 6.45) is 2.62. The Morgan fingerprint density at radius 1 is 1.52 bits per heavy atom. The van der Waals surface area contributed by atoms with E-state index in [4.69, 9.17) is 5.11 Å². The monoisotopic (exact) mass is 310 g/mol. The average Bonchev–Trinajstić information content (AvgIpc) is 2.82. The van der Waals surface area contributed by atoms with Gasteiger partial charge in [-0.2, -0.15) is 0 Å². The van der Waals surface area contributed by atoms with Gasteiger partial charge in [0.2, 0.25) is 5.91 Å². The highest BCUT2D eigenvalue weighted by atomic mass is 32.1. The van der Waals surface area contributed by atoms with Crippen LogP contribution in [0.25, 0.3) is 0 Å². The lowest BCUT2D eigenvalue weighted by Gasteiger charge is -2.14. The van der Waals surface area contributed by atoms with Crippen molar-refractivity contribution in [2.24, 2.45) is 0 Å². The van der Waals surface area contributed by atoms with Crippen LogP contribution in [-0.4, -0.2) is 28.0 Å². The predicted octanol–water partition coefficient (Wildman–Crippen LogP) is 2.52. The Morgan fingerprint density at radius 3 is 2.67 bits per heavy atom. The molecule has 1 rings (SSSR count). The zero-order valence-corrected chi connectivity index (χ0v) is 13.5. The lowest BCUT2D eigenvalue weighted by atomic mass is 9.98. The minimum Gasteiger partial charge on any atom is -0.480 e. The van der Waals surface area contributed by atoms with Crippen molar-refractivity contribution in [2.45, 2.75) is 51.5 Å². The second-order valence-electron chi connectivity index (χ2n) is 5.90. The molecule has 0 bridgehead atoms. The van der Waals surface area contributed by atoms with E-state index in [0.717, 1.165) is 5.01 Å². The van der Waals surface area contributed by atoms with Gasteiger partial charge in [0.25, 0.3) is 0 Å². The number of allylic oxidation sites excluding steroid dienone is 1. The van der Waals surface area contributed by atoms with Crippen LogP contribution in [0.1, 0.15) is 44.3 Å². The first-order chi connectivity index (χ1) is 9.74. The Morgan fingerprint density at radius 2 is 2.19 bits per heavy atom. The van der Waals surface area contributed by atoms with Crippen LogP contribution in [0.4, 0.5) is 0 Å². The van der Waals surface area contributed by atoms with Gasteiger partial charge >= 0.3 is 5.97 Å². The number of hydrogen-bond acceptors (Lipinski definition) is 4. The Kier molecular flexibility index (Phi) is 6.08. The fourth-order valence-corrected chi connectivity index (χ4v) is 2.59. The van der Waals surface area contributed by atoms with Crippen molar-refractivity contribution in [3.05, 3.63) is 28.7 Å². The average molecular weight is 310 g/mol. The van der Waals surface area contributed by atoms with Gasteiger partial charge in [0.15, 0.2) is 0 Å². The van der Waals surface area contributed by atoms with Gasteiger partial charge in [-0.15, -0.1) is 17.9 Å². The van der Waals surface area contributed by atoms with Crippen LogP contribution in [0, 0.1) is 0 Å². The number of hydrogen-bond donors (Lipinski definition) is 2. The standard InChI is InChI=1S/C15H22N2O3S/c1-5-6-7-11(13(19)20)17-12(18)8-10-9-21-14(16-10)15(2,3)4/h5,9,11H,1,6-8H2,2-4H3,(H,17,18)(H,19,20). The quantitative estimate of drug-likeness (QED) is 0.758. The molecule has 1 amide bonds. The number of aromatic nitrogens is 1. The highest BCUT2D eigenvalue weighted by Crippen LogP contribution is 2.25. The molecule has 0 aliphatic carbocycles. The third-order valence-corrected chi connectivity index (χ3v) is 4.14. The maximum absolute atomic E-state index is 11.9. The summed E-state index contributed by atoms with van der Waals surface area (Å²) in [5, 5.41) is 14.4. The molecular weight excluding hydrogens is 288 g/mol. The van der Waals surface area contributed by atoms with E-state index in [1.807, 2.05) is 5.38 Å². The Labute approximate surface area is 129 Å². The second-order valence-corrected chi connectivity index (χ2v) is 6.75. The smallest absolute Gasteiger partial charge is 0.326 e. The van der Waals surface area contributed by atoms with E-state index in [1.165, 1.54) is 11.3 Å². The van der Waals surface area contributed by atoms with E-state index in [-0.39, 0.29) is 17.7 Å². The lowest BCUT2D eigenvalue weighted by molar-refractivity contribution is -0.141. The Bertz CT molecular complexity index is 517. The van der Waals surface area contributed by atoms with E-state index in [9.17, 15) is 9.59 Å². The summed E-state index contributed by atoms with van der Waals surface area (Å²) in [6.45, 7) is 9.73. The fraction of sp³-hybridized carbons (Fsp3) is 0.533. The van der Waals surface area contributed by atoms with Gasteiger partial charge < -0.3 is 10.4 Å². The molecule has 1 atom stereocenters. The lowest BCUT2D eigenvalue weighted by Crippen LogP contribution is -2.41. The molecule has 116 valence electrons. The summed E-state index contributed by atoms with van der Waals surface area (Å²) in [5.74, 6) is -1.35. The molecule has 1 aromatic rings. The van der Waals surface area contributed by atoms with Gasteiger partial charge in [0.1, 0.15) is 6.04 Å². The topological polar surface area (TPSA) is 79.3 Å². The molecule has 0 radical (unpaired) electrons. The van der Waals surface area contributed by atoms with Crippen molar-refractivity contribution in [1.82, 2.24) is 10.3 Å². The molecule has 0 spiro atoms. The maximum Gasteiger partial charge on any atom is 0.326 e. The highest BCUT2D eigenvalue weighted by molar-refractivity contribution is 7.09. The van der Waals surface area contributed by atoms with Gasteiger partial charge in [-0.25, -0.2) is 9.78 Å². The van der Waals surface area contributed by atoms with Crippen LogP contribution in [0.3, 0.4) is 0 Å². The molecule has 1 heterocycles. The first kappa shape index (κ1) is 17.4. The maximum atomic E-state index is 11.9. The molecule has 5 nitrogen and oxygen atoms in total. The molecule has 0 aromatic carbocycles. The summed E-state index contributed by atoms with van der Waals surface area (Å²) in [7, 11) is 0. The fourth-order valence-electron chi connectivity index (χ4n) is 1.68. The molecule has 0 saturated carbocycles. The SMILES string of the molecule is C=CCCC(NC(=O)Cc1csc(C(C)(C)C)n1)C(=O)O. The summed E-state index contributed by atoms with van der Waals surface area (Å²) < 4.78 is 0. The minimum atomic E-state index is -1.03. The number of carboxylic acid groups (broad SMARTS) is 1. The zero-order valence-electron chi connectivity index (χ0n) is 12.7. The van der Waals surface area contributed by atoms with Crippen LogP contribution in [0.5, 0.6) is 0 Å². The van der Waals surface area contributed by atoms with E-state index >= 15 is 0 Å². The molecule has 0 fully saturated rings. The van der Waals surface area contributed by atoms with Crippen LogP contribution >= 0.6 is 11.3 Å². The van der Waals surface area contributed by atoms with Crippen LogP contribution in [-0.2, 0) is 21.4 Å². The summed E-state index contributed by atoms with van der Waals surface area (Å²) >= 11 is 1.52. The number of nitrogens with one attached hydrogen (secondary N) is 1. The van der Waals surface area contributed by atoms with E-state index < -0.39 is 12.0 Å². The number of aliphatic carboxylic acids is 1. The number of carbonyl (C=O) groups is 2. The van der Waals surface area contributed by atoms with Crippen LogP contribution in [0.15, 0.2) is 18.0 Å². The summed E-state index contributed by atoms with van der Waals surface area (Å²) in [5.41, 5.74) is 0.628. The van der Waals surface area contributed by atoms with E-state index in [1.54, 1.807) is 6.08 Å². The van der Waals surface area contributed by atoms with Crippen molar-refractivity contribution in [1.29, 1.82) is 0 Å². The van der Waals surface area contributed by atoms with Crippen molar-refractivity contribution in [2.75, 3.05) is 0 Å². The zero-order chi connectivity index (χ0) is 16.0. The molecule has 0 aliphatic heterocycles. The molecule has 1 unspecified atom stereocenters. The molecule has 0 saturated heterocycles. The van der Waals surface area contributed by atoms with Gasteiger partial charge in [-0.1, -0.05) is 26.8 Å². The van der Waals surface area contributed by atoms with E-state index in [0.29, 0.717) is 18.5 Å². The van der Waals surface area contributed by atoms with Gasteiger partial charge in [-0.05, 0) is 12.8 Å². The number of carboxylic acids is 1. The molecule has 1 aromatic heterocycles. The van der Waals surface area contributed by atoms with E-state index in [2.05, 4.69) is 37.7 Å². The molecule has 2 N–H and O–H groups in total. The Balaban J connectivity index is 2.61. The predicted molar refractivity (Wildman–Crippen MR) is 83.5 cm³/mol. The molecule has 6 heteroatoms. The number of amides is 1. The first-order valence-corrected chi connectivity index (χ1v) is 7.70. The van der Waals surface area contributed by atoms with Gasteiger partial charge in [-0.3, -0.25) is 4.79 Å². The third-order valence-electron chi connectivity index (χ3n) is 2.83. The van der Waals surface area contributed by atoms with Crippen molar-refractivity contribution in [3.8, 4) is 0 Å². The number of thiazole rings is 1. The van der Waals surface area contributed by atoms with Crippen molar-refractivity contribution >= 4 is 23.2 Å². The van der Waals surface area contributed by atoms with Crippen LogP contribution in [0.2, 0.25) is 0 Å². The number of nitrogens with zero attached hydrogens (tertiary/aromatic N) is 1. The first-order valence-electron chi connectivity index (χ1n) is 6.82. The summed E-state index contributed by atoms with van der Waals surface area (Å²) in [6, 6.07) is -0.878. The minimum absolute atomic E-state index is 0.0487. The molecule has 0 aliphatic rings. The summed E-state index contributed by atoms with van der Waals surface area (Å²) in [4.78, 5) is 27.4. The Hall–Kier alpha value is -1.69.